The molecule has 136 valence electrons. The summed E-state index contributed by atoms with van der Waals surface area (Å²) in [5.41, 5.74) is 2.43. The van der Waals surface area contributed by atoms with Crippen LogP contribution in [0.1, 0.15) is 15.9 Å². The lowest BCUT2D eigenvalue weighted by atomic mass is 10.2. The highest BCUT2D eigenvalue weighted by Crippen LogP contribution is 2.30. The minimum atomic E-state index is -0.338. The first-order valence-corrected chi connectivity index (χ1v) is 8.92. The van der Waals surface area contributed by atoms with Crippen molar-refractivity contribution in [3.05, 3.63) is 52.0 Å². The van der Waals surface area contributed by atoms with Crippen molar-refractivity contribution in [2.24, 2.45) is 0 Å². The zero-order valence-electron chi connectivity index (χ0n) is 14.5. The van der Waals surface area contributed by atoms with E-state index in [-0.39, 0.29) is 18.4 Å². The lowest BCUT2D eigenvalue weighted by molar-refractivity contribution is -0.117. The Kier molecular flexibility index (Phi) is 5.46. The molecule has 2 aromatic carbocycles. The Morgan fingerprint density at radius 3 is 2.62 bits per heavy atom. The van der Waals surface area contributed by atoms with Crippen molar-refractivity contribution in [1.82, 2.24) is 5.32 Å². The van der Waals surface area contributed by atoms with Crippen molar-refractivity contribution in [2.45, 2.75) is 6.42 Å². The molecule has 0 saturated carbocycles. The van der Waals surface area contributed by atoms with Gasteiger partial charge in [-0.2, -0.15) is 0 Å². The van der Waals surface area contributed by atoms with Gasteiger partial charge in [-0.1, -0.05) is 15.9 Å². The molecule has 0 atom stereocenters. The number of benzene rings is 2. The van der Waals surface area contributed by atoms with Gasteiger partial charge < -0.3 is 19.7 Å². The fraction of sp³-hybridized carbons (Fsp3) is 0.263. The van der Waals surface area contributed by atoms with Crippen LogP contribution in [0.3, 0.4) is 0 Å². The molecule has 0 fully saturated rings. The van der Waals surface area contributed by atoms with Gasteiger partial charge in [0.15, 0.2) is 11.5 Å². The van der Waals surface area contributed by atoms with Gasteiger partial charge in [-0.15, -0.1) is 0 Å². The molecule has 0 aliphatic carbocycles. The third-order valence-corrected chi connectivity index (χ3v) is 4.78. The van der Waals surface area contributed by atoms with Crippen LogP contribution in [0, 0.1) is 0 Å². The number of nitrogens with one attached hydrogen (secondary N) is 1. The summed E-state index contributed by atoms with van der Waals surface area (Å²) in [5.74, 6) is 0.528. The molecule has 0 unspecified atom stereocenters. The van der Waals surface area contributed by atoms with Crippen molar-refractivity contribution in [3.63, 3.8) is 0 Å². The van der Waals surface area contributed by atoms with Gasteiger partial charge in [0.25, 0.3) is 5.91 Å². The minimum Gasteiger partial charge on any atom is -0.493 e. The molecule has 1 N–H and O–H groups in total. The van der Waals surface area contributed by atoms with Gasteiger partial charge in [0.1, 0.15) is 0 Å². The van der Waals surface area contributed by atoms with E-state index in [1.165, 1.54) is 14.2 Å². The van der Waals surface area contributed by atoms with Crippen molar-refractivity contribution >= 4 is 33.4 Å². The smallest absolute Gasteiger partial charge is 0.251 e. The van der Waals surface area contributed by atoms with Gasteiger partial charge in [-0.25, -0.2) is 0 Å². The van der Waals surface area contributed by atoms with Crippen molar-refractivity contribution in [1.29, 1.82) is 0 Å². The Morgan fingerprint density at radius 1 is 1.12 bits per heavy atom. The first-order valence-electron chi connectivity index (χ1n) is 8.12. The molecule has 1 heterocycles. The molecule has 1 aliphatic rings. The summed E-state index contributed by atoms with van der Waals surface area (Å²) in [6, 6.07) is 10.7. The Bertz CT molecular complexity index is 853. The SMILES string of the molecule is COc1ccc(C(=O)NCC(=O)N2CCc3cc(Br)ccc32)cc1OC. The van der Waals surface area contributed by atoms with Crippen LogP contribution in [-0.4, -0.2) is 39.1 Å². The highest BCUT2D eigenvalue weighted by atomic mass is 79.9. The van der Waals surface area contributed by atoms with E-state index in [0.717, 1.165) is 22.1 Å². The average molecular weight is 419 g/mol. The number of anilines is 1. The van der Waals surface area contributed by atoms with E-state index < -0.39 is 0 Å². The van der Waals surface area contributed by atoms with Crippen molar-refractivity contribution < 1.29 is 19.1 Å². The zero-order chi connectivity index (χ0) is 18.7. The second-order valence-electron chi connectivity index (χ2n) is 5.82. The van der Waals surface area contributed by atoms with Gasteiger partial charge in [0.2, 0.25) is 5.91 Å². The third kappa shape index (κ3) is 3.67. The molecule has 26 heavy (non-hydrogen) atoms. The maximum Gasteiger partial charge on any atom is 0.251 e. The van der Waals surface area contributed by atoms with Crippen LogP contribution in [0.2, 0.25) is 0 Å². The number of halogens is 1. The Hall–Kier alpha value is -2.54. The summed E-state index contributed by atoms with van der Waals surface area (Å²) in [6.07, 6.45) is 0.810. The second-order valence-corrected chi connectivity index (χ2v) is 6.74. The van der Waals surface area contributed by atoms with E-state index in [0.29, 0.717) is 23.6 Å². The van der Waals surface area contributed by atoms with Crippen LogP contribution >= 0.6 is 15.9 Å². The molecule has 2 aromatic rings. The number of carbonyl (C=O) groups excluding carboxylic acids is 2. The van der Waals surface area contributed by atoms with Crippen LogP contribution in [0.25, 0.3) is 0 Å². The molecule has 0 radical (unpaired) electrons. The number of hydrogen-bond acceptors (Lipinski definition) is 4. The van der Waals surface area contributed by atoms with Crippen molar-refractivity contribution in [2.75, 3.05) is 32.2 Å². The maximum atomic E-state index is 12.5. The van der Waals surface area contributed by atoms with Gasteiger partial charge >= 0.3 is 0 Å². The van der Waals surface area contributed by atoms with Crippen molar-refractivity contribution in [3.8, 4) is 11.5 Å². The van der Waals surface area contributed by atoms with Gasteiger partial charge in [-0.05, 0) is 48.4 Å². The fourth-order valence-corrected chi connectivity index (χ4v) is 3.37. The molecule has 0 spiro atoms. The van der Waals surface area contributed by atoms with Gasteiger partial charge in [0.05, 0.1) is 20.8 Å². The summed E-state index contributed by atoms with van der Waals surface area (Å²) < 4.78 is 11.3. The van der Waals surface area contributed by atoms with Crippen LogP contribution in [0.4, 0.5) is 5.69 Å². The number of amides is 2. The number of fused-ring (bicyclic) bond motifs is 1. The van der Waals surface area contributed by atoms with Crippen LogP contribution < -0.4 is 19.7 Å². The molecule has 0 aromatic heterocycles. The second kappa shape index (κ2) is 7.78. The topological polar surface area (TPSA) is 67.9 Å². The predicted molar refractivity (Wildman–Crippen MR) is 102 cm³/mol. The summed E-state index contributed by atoms with van der Waals surface area (Å²) >= 11 is 3.44. The molecular formula is C19H19BrN2O4. The largest absolute Gasteiger partial charge is 0.493 e. The average Bonchev–Trinajstić information content (AvgIpc) is 3.08. The molecule has 2 amide bonds. The zero-order valence-corrected chi connectivity index (χ0v) is 16.1. The van der Waals surface area contributed by atoms with E-state index in [1.807, 2.05) is 18.2 Å². The van der Waals surface area contributed by atoms with E-state index in [9.17, 15) is 9.59 Å². The van der Waals surface area contributed by atoms with E-state index in [4.69, 9.17) is 9.47 Å². The molecule has 6 nitrogen and oxygen atoms in total. The summed E-state index contributed by atoms with van der Waals surface area (Å²) in [4.78, 5) is 26.5. The molecule has 0 saturated heterocycles. The van der Waals surface area contributed by atoms with Gasteiger partial charge in [-0.3, -0.25) is 9.59 Å². The van der Waals surface area contributed by atoms with Crippen LogP contribution in [0.15, 0.2) is 40.9 Å². The van der Waals surface area contributed by atoms with E-state index >= 15 is 0 Å². The number of ether oxygens (including phenoxy) is 2. The first-order chi connectivity index (χ1) is 12.5. The predicted octanol–water partition coefficient (Wildman–Crippen LogP) is 2.79. The quantitative estimate of drug-likeness (QED) is 0.810. The molecule has 1 aliphatic heterocycles. The number of hydrogen-bond donors (Lipinski definition) is 1. The Morgan fingerprint density at radius 2 is 1.88 bits per heavy atom. The lowest BCUT2D eigenvalue weighted by Gasteiger charge is -2.18. The molecule has 0 bridgehead atoms. The highest BCUT2D eigenvalue weighted by Gasteiger charge is 2.25. The monoisotopic (exact) mass is 418 g/mol. The lowest BCUT2D eigenvalue weighted by Crippen LogP contribution is -2.39. The van der Waals surface area contributed by atoms with Crippen LogP contribution in [0.5, 0.6) is 11.5 Å². The third-order valence-electron chi connectivity index (χ3n) is 4.28. The Balaban J connectivity index is 1.65. The number of methoxy groups -OCH3 is 2. The first kappa shape index (κ1) is 18.3. The summed E-state index contributed by atoms with van der Waals surface area (Å²) in [6.45, 7) is 0.555. The molecule has 3 rings (SSSR count). The number of rotatable bonds is 5. The summed E-state index contributed by atoms with van der Waals surface area (Å²) in [7, 11) is 3.04. The fourth-order valence-electron chi connectivity index (χ4n) is 2.96. The van der Waals surface area contributed by atoms with E-state index in [2.05, 4.69) is 21.2 Å². The summed E-state index contributed by atoms with van der Waals surface area (Å²) in [5, 5.41) is 2.67. The molecule has 7 heteroatoms. The normalized spacial score (nSPS) is 12.5. The highest BCUT2D eigenvalue weighted by molar-refractivity contribution is 9.10. The van der Waals surface area contributed by atoms with Crippen LogP contribution in [-0.2, 0) is 11.2 Å². The number of nitrogens with zero attached hydrogens (tertiary/aromatic N) is 1. The van der Waals surface area contributed by atoms with Gasteiger partial charge in [0, 0.05) is 22.3 Å². The number of carbonyl (C=O) groups is 2. The minimum absolute atomic E-state index is 0.0668. The maximum absolute atomic E-state index is 12.5. The standard InChI is InChI=1S/C19H19BrN2O4/c1-25-16-6-3-13(10-17(16)26-2)19(24)21-11-18(23)22-8-7-12-9-14(20)4-5-15(12)22/h3-6,9-10H,7-8,11H2,1-2H3,(H,21,24). The molecular weight excluding hydrogens is 400 g/mol. The van der Waals surface area contributed by atoms with E-state index in [1.54, 1.807) is 23.1 Å². The Labute approximate surface area is 160 Å².